The van der Waals surface area contributed by atoms with E-state index < -0.39 is 23.9 Å². The minimum absolute atomic E-state index is 0.122. The summed E-state index contributed by atoms with van der Waals surface area (Å²) >= 11 is 2.84. The number of hydrogen-bond donors (Lipinski definition) is 2. The van der Waals surface area contributed by atoms with E-state index in [1.807, 2.05) is 0 Å². The third-order valence-corrected chi connectivity index (χ3v) is 9.88. The first-order chi connectivity index (χ1) is 28.3. The van der Waals surface area contributed by atoms with E-state index in [4.69, 9.17) is 10.2 Å². The van der Waals surface area contributed by atoms with Gasteiger partial charge in [-0.1, -0.05) is 108 Å². The molecule has 0 aromatic heterocycles. The highest BCUT2D eigenvalue weighted by Gasteiger charge is 2.08. The number of carbonyl (C=O) groups is 4. The summed E-state index contributed by atoms with van der Waals surface area (Å²) in [6.45, 7) is 2.20. The first kappa shape index (κ1) is 48.2. The first-order valence-electron chi connectivity index (χ1n) is 18.6. The quantitative estimate of drug-likeness (QED) is 0.118. The molecule has 12 heteroatoms. The molecule has 10 nitrogen and oxygen atoms in total. The van der Waals surface area contributed by atoms with E-state index in [-0.39, 0.29) is 22.3 Å². The lowest BCUT2D eigenvalue weighted by Gasteiger charge is -2.23. The molecule has 0 unspecified atom stereocenters. The molecular weight excluding hydrogens is 797 g/mol. The third-order valence-electron chi connectivity index (χ3n) is 7.85. The molecule has 0 aliphatic carbocycles. The Hall–Kier alpha value is -6.18. The lowest BCUT2D eigenvalue weighted by Crippen LogP contribution is -2.33. The summed E-state index contributed by atoms with van der Waals surface area (Å²) in [5.74, 6) is -4.34. The SMILES string of the molecule is C[N+](C)(C)Cc1ccccc1.C[N+](C)(C)Cc1ccccc1.O=C(O)c1ccc(Sc2ccc(C(=O)O)cc2)cc1.O=C([O-])c1ccc(Sc2ccc(C(=O)[O-])cc2)cc1. The van der Waals surface area contributed by atoms with Gasteiger partial charge >= 0.3 is 11.9 Å². The molecule has 0 bridgehead atoms. The molecule has 0 amide bonds. The predicted octanol–water partition coefficient (Wildman–Crippen LogP) is 7.58. The van der Waals surface area contributed by atoms with Crippen molar-refractivity contribution < 1.29 is 48.6 Å². The number of nitrogens with zero attached hydrogens (tertiary/aromatic N) is 2. The maximum atomic E-state index is 10.7. The molecule has 0 aliphatic heterocycles. The highest BCUT2D eigenvalue weighted by molar-refractivity contribution is 7.99. The van der Waals surface area contributed by atoms with Gasteiger partial charge in [-0.3, -0.25) is 0 Å². The largest absolute Gasteiger partial charge is 0.545 e. The summed E-state index contributed by atoms with van der Waals surface area (Å²) in [6.07, 6.45) is 0. The van der Waals surface area contributed by atoms with Crippen molar-refractivity contribution in [2.75, 3.05) is 42.3 Å². The second-order valence-electron chi connectivity index (χ2n) is 15.4. The topological polar surface area (TPSA) is 155 Å². The highest BCUT2D eigenvalue weighted by atomic mass is 32.2. The Morgan fingerprint density at radius 3 is 0.833 bits per heavy atom. The summed E-state index contributed by atoms with van der Waals surface area (Å²) < 4.78 is 1.98. The molecule has 0 heterocycles. The standard InChI is InChI=1S/2C14H10O4S.2C10H16N/c2*15-13(16)9-1-5-11(6-2-9)19-12-7-3-10(4-8-12)14(17)18;2*1-11(2,3)9-10-7-5-4-6-8-10/h2*1-8H,(H,15,16)(H,17,18);2*4-8H,9H2,1-3H3/q;;2*+1/p-2. The molecule has 0 radical (unpaired) electrons. The van der Waals surface area contributed by atoms with Crippen LogP contribution in [0.25, 0.3) is 0 Å². The average molecular weight is 847 g/mol. The zero-order valence-electron chi connectivity index (χ0n) is 34.5. The molecule has 6 aromatic carbocycles. The van der Waals surface area contributed by atoms with Gasteiger partial charge in [0.2, 0.25) is 0 Å². The zero-order valence-corrected chi connectivity index (χ0v) is 36.1. The third kappa shape index (κ3) is 19.0. The summed E-state index contributed by atoms with van der Waals surface area (Å²) in [4.78, 5) is 46.1. The minimum atomic E-state index is -1.21. The maximum Gasteiger partial charge on any atom is 0.335 e. The van der Waals surface area contributed by atoms with Crippen molar-refractivity contribution in [3.8, 4) is 0 Å². The van der Waals surface area contributed by atoms with Gasteiger partial charge in [-0.25, -0.2) is 9.59 Å². The normalized spacial score (nSPS) is 10.6. The van der Waals surface area contributed by atoms with Crippen LogP contribution in [0.1, 0.15) is 52.6 Å². The van der Waals surface area contributed by atoms with Crippen LogP contribution in [0.4, 0.5) is 0 Å². The van der Waals surface area contributed by atoms with Crippen LogP contribution in [-0.2, 0) is 13.1 Å². The van der Waals surface area contributed by atoms with Gasteiger partial charge in [0.25, 0.3) is 0 Å². The lowest BCUT2D eigenvalue weighted by atomic mass is 10.2. The van der Waals surface area contributed by atoms with Crippen LogP contribution >= 0.6 is 23.5 Å². The molecule has 312 valence electrons. The van der Waals surface area contributed by atoms with Crippen molar-refractivity contribution in [1.29, 1.82) is 0 Å². The minimum Gasteiger partial charge on any atom is -0.545 e. The van der Waals surface area contributed by atoms with Crippen molar-refractivity contribution in [3.63, 3.8) is 0 Å². The number of aromatic carboxylic acids is 4. The molecule has 60 heavy (non-hydrogen) atoms. The van der Waals surface area contributed by atoms with Crippen LogP contribution in [0.2, 0.25) is 0 Å². The van der Waals surface area contributed by atoms with E-state index in [9.17, 15) is 29.4 Å². The van der Waals surface area contributed by atoms with Crippen molar-refractivity contribution >= 4 is 47.4 Å². The first-order valence-corrected chi connectivity index (χ1v) is 20.3. The average Bonchev–Trinajstić information content (AvgIpc) is 3.19. The van der Waals surface area contributed by atoms with Crippen LogP contribution < -0.4 is 10.2 Å². The molecule has 6 aromatic rings. The number of quaternary nitrogens is 2. The summed E-state index contributed by atoms with van der Waals surface area (Å²) in [7, 11) is 13.2. The predicted molar refractivity (Wildman–Crippen MR) is 233 cm³/mol. The van der Waals surface area contributed by atoms with Crippen molar-refractivity contribution in [2.24, 2.45) is 0 Å². The van der Waals surface area contributed by atoms with Gasteiger partial charge in [0.05, 0.1) is 65.4 Å². The van der Waals surface area contributed by atoms with Gasteiger partial charge in [0, 0.05) is 30.7 Å². The molecular formula is C48H50N2O8S2. The van der Waals surface area contributed by atoms with Gasteiger partial charge in [-0.05, 0) is 83.9 Å². The van der Waals surface area contributed by atoms with Crippen LogP contribution in [-0.4, -0.2) is 85.3 Å². The number of carboxylic acid groups (broad SMARTS) is 4. The highest BCUT2D eigenvalue weighted by Crippen LogP contribution is 2.29. The van der Waals surface area contributed by atoms with E-state index in [1.165, 1.54) is 83.2 Å². The molecule has 6 rings (SSSR count). The smallest absolute Gasteiger partial charge is 0.335 e. The van der Waals surface area contributed by atoms with Crippen LogP contribution in [0.3, 0.4) is 0 Å². The van der Waals surface area contributed by atoms with Crippen LogP contribution in [0.15, 0.2) is 177 Å². The van der Waals surface area contributed by atoms with Gasteiger partial charge in [0.1, 0.15) is 13.1 Å². The fraction of sp³-hybridized carbons (Fsp3) is 0.167. The summed E-state index contributed by atoms with van der Waals surface area (Å²) in [5, 5.41) is 38.8. The van der Waals surface area contributed by atoms with Gasteiger partial charge in [-0.2, -0.15) is 0 Å². The Morgan fingerprint density at radius 2 is 0.633 bits per heavy atom. The Kier molecular flexibility index (Phi) is 18.8. The Bertz CT molecular complexity index is 1980. The van der Waals surface area contributed by atoms with E-state index in [1.54, 1.807) is 48.5 Å². The van der Waals surface area contributed by atoms with E-state index in [2.05, 4.69) is 103 Å². The monoisotopic (exact) mass is 846 g/mol. The summed E-state index contributed by atoms with van der Waals surface area (Å²) in [5.41, 5.74) is 3.53. The number of carbonyl (C=O) groups excluding carboxylic acids is 2. The number of carboxylic acids is 4. The van der Waals surface area contributed by atoms with E-state index in [0.29, 0.717) is 0 Å². The number of rotatable bonds is 12. The second kappa shape index (κ2) is 23.4. The van der Waals surface area contributed by atoms with Crippen molar-refractivity contribution in [1.82, 2.24) is 0 Å². The Balaban J connectivity index is 0.000000221. The summed E-state index contributed by atoms with van der Waals surface area (Å²) in [6, 6.07) is 46.7. The maximum absolute atomic E-state index is 10.7. The molecule has 0 spiro atoms. The number of benzene rings is 6. The fourth-order valence-electron chi connectivity index (χ4n) is 5.18. The van der Waals surface area contributed by atoms with Crippen molar-refractivity contribution in [3.05, 3.63) is 191 Å². The molecule has 0 fully saturated rings. The molecule has 2 N–H and O–H groups in total. The van der Waals surface area contributed by atoms with Crippen molar-refractivity contribution in [2.45, 2.75) is 32.7 Å². The van der Waals surface area contributed by atoms with E-state index >= 15 is 0 Å². The van der Waals surface area contributed by atoms with Gasteiger partial charge in [-0.15, -0.1) is 0 Å². The second-order valence-corrected chi connectivity index (χ2v) is 17.6. The molecule has 0 saturated heterocycles. The molecule has 0 saturated carbocycles. The zero-order chi connectivity index (χ0) is 44.3. The number of hydrogen-bond acceptors (Lipinski definition) is 8. The molecule has 0 aliphatic rings. The molecule has 0 atom stereocenters. The Labute approximate surface area is 360 Å². The van der Waals surface area contributed by atoms with Gasteiger partial charge in [0.15, 0.2) is 0 Å². The van der Waals surface area contributed by atoms with Gasteiger partial charge < -0.3 is 39.0 Å². The van der Waals surface area contributed by atoms with Crippen LogP contribution in [0.5, 0.6) is 0 Å². The lowest BCUT2D eigenvalue weighted by molar-refractivity contribution is -0.884. The van der Waals surface area contributed by atoms with E-state index in [0.717, 1.165) is 41.6 Å². The van der Waals surface area contributed by atoms with Crippen LogP contribution in [0, 0.1) is 0 Å². The fourth-order valence-corrected chi connectivity index (χ4v) is 6.82. The Morgan fingerprint density at radius 1 is 0.400 bits per heavy atom.